The predicted molar refractivity (Wildman–Crippen MR) is 80.6 cm³/mol. The number of amides is 2. The zero-order chi connectivity index (χ0) is 15.3. The normalized spacial score (nSPS) is 31.0. The molecule has 2 unspecified atom stereocenters. The van der Waals surface area contributed by atoms with Crippen LogP contribution in [0.3, 0.4) is 0 Å². The Morgan fingerprint density at radius 3 is 2.05 bits per heavy atom. The number of hydrogen-bond acceptors (Lipinski definition) is 4. The number of carbonyl (C=O) groups is 2. The number of nitrogens with zero attached hydrogens (tertiary/aromatic N) is 2. The molecule has 22 heavy (non-hydrogen) atoms. The van der Waals surface area contributed by atoms with Crippen molar-refractivity contribution in [2.24, 2.45) is 0 Å². The van der Waals surface area contributed by atoms with Gasteiger partial charge in [0.15, 0.2) is 0 Å². The lowest BCUT2D eigenvalue weighted by Gasteiger charge is -2.37. The molecule has 4 rings (SSSR count). The summed E-state index contributed by atoms with van der Waals surface area (Å²) in [5, 5.41) is 9.84. The first kappa shape index (κ1) is 13.9. The molecule has 2 amide bonds. The van der Waals surface area contributed by atoms with E-state index in [1.165, 1.54) is 4.90 Å². The monoisotopic (exact) mass is 300 g/mol. The number of piperidine rings is 1. The molecule has 1 N–H and O–H groups in total. The number of fused-ring (bicyclic) bond motifs is 3. The van der Waals surface area contributed by atoms with Crippen molar-refractivity contribution in [3.05, 3.63) is 35.4 Å². The summed E-state index contributed by atoms with van der Waals surface area (Å²) >= 11 is 0. The molecule has 116 valence electrons. The molecule has 2 fully saturated rings. The molecule has 2 saturated heterocycles. The molecule has 1 aromatic rings. The topological polar surface area (TPSA) is 60.9 Å². The van der Waals surface area contributed by atoms with Crippen molar-refractivity contribution in [1.82, 2.24) is 9.80 Å². The fraction of sp³-hybridized carbons (Fsp3) is 0.529. The summed E-state index contributed by atoms with van der Waals surface area (Å²) in [5.41, 5.74) is 1.04. The van der Waals surface area contributed by atoms with E-state index in [0.29, 0.717) is 36.3 Å². The van der Waals surface area contributed by atoms with Gasteiger partial charge in [0.05, 0.1) is 17.2 Å². The van der Waals surface area contributed by atoms with Crippen LogP contribution in [0.2, 0.25) is 0 Å². The van der Waals surface area contributed by atoms with Crippen LogP contribution in [0.4, 0.5) is 0 Å². The highest BCUT2D eigenvalue weighted by molar-refractivity contribution is 6.21. The molecule has 0 saturated carbocycles. The Labute approximate surface area is 129 Å². The minimum atomic E-state index is -0.187. The first-order chi connectivity index (χ1) is 10.6. The highest BCUT2D eigenvalue weighted by atomic mass is 16.3. The molecule has 0 aliphatic carbocycles. The maximum atomic E-state index is 12.4. The van der Waals surface area contributed by atoms with Crippen molar-refractivity contribution < 1.29 is 14.7 Å². The van der Waals surface area contributed by atoms with E-state index in [9.17, 15) is 14.7 Å². The lowest BCUT2D eigenvalue weighted by atomic mass is 10.00. The zero-order valence-electron chi connectivity index (χ0n) is 12.4. The number of aliphatic hydroxyl groups is 1. The largest absolute Gasteiger partial charge is 0.393 e. The van der Waals surface area contributed by atoms with Crippen LogP contribution in [-0.2, 0) is 0 Å². The first-order valence-electron chi connectivity index (χ1n) is 8.04. The standard InChI is InChI=1S/C17H20N2O3/c20-13-9-11-5-6-12(10-13)18(11)7-8-19-16(21)14-3-1-2-4-15(14)17(19)22/h1-4,11-13,20H,5-10H2. The van der Waals surface area contributed by atoms with E-state index in [2.05, 4.69) is 4.90 Å². The number of benzene rings is 1. The molecular weight excluding hydrogens is 280 g/mol. The molecule has 2 atom stereocenters. The molecule has 3 heterocycles. The van der Waals surface area contributed by atoms with E-state index >= 15 is 0 Å². The maximum Gasteiger partial charge on any atom is 0.261 e. The average molecular weight is 300 g/mol. The number of carbonyl (C=O) groups excluding carboxylic acids is 2. The Morgan fingerprint density at radius 2 is 1.50 bits per heavy atom. The molecule has 3 aliphatic rings. The van der Waals surface area contributed by atoms with Crippen molar-refractivity contribution in [2.75, 3.05) is 13.1 Å². The second-order valence-electron chi connectivity index (χ2n) is 6.56. The van der Waals surface area contributed by atoms with E-state index in [1.54, 1.807) is 24.3 Å². The highest BCUT2D eigenvalue weighted by Gasteiger charge is 2.41. The Morgan fingerprint density at radius 1 is 0.955 bits per heavy atom. The molecule has 5 heteroatoms. The van der Waals surface area contributed by atoms with E-state index in [-0.39, 0.29) is 17.9 Å². The van der Waals surface area contributed by atoms with Gasteiger partial charge >= 0.3 is 0 Å². The van der Waals surface area contributed by atoms with Crippen LogP contribution in [0.1, 0.15) is 46.4 Å². The molecule has 0 aromatic heterocycles. The Bertz CT molecular complexity index is 581. The predicted octanol–water partition coefficient (Wildman–Crippen LogP) is 1.27. The van der Waals surface area contributed by atoms with Gasteiger partial charge in [0.2, 0.25) is 0 Å². The van der Waals surface area contributed by atoms with Gasteiger partial charge in [0.1, 0.15) is 0 Å². The van der Waals surface area contributed by atoms with Crippen LogP contribution >= 0.6 is 0 Å². The highest BCUT2D eigenvalue weighted by Crippen LogP contribution is 2.35. The average Bonchev–Trinajstić information content (AvgIpc) is 2.90. The number of aliphatic hydroxyl groups excluding tert-OH is 1. The SMILES string of the molecule is O=C1c2ccccc2C(=O)N1CCN1C2CCC1CC(O)C2. The van der Waals surface area contributed by atoms with Crippen molar-refractivity contribution >= 4 is 11.8 Å². The van der Waals surface area contributed by atoms with Gasteiger partial charge in [-0.2, -0.15) is 0 Å². The fourth-order valence-corrected chi connectivity index (χ4v) is 4.27. The first-order valence-corrected chi connectivity index (χ1v) is 8.04. The lowest BCUT2D eigenvalue weighted by Crippen LogP contribution is -2.48. The maximum absolute atomic E-state index is 12.4. The van der Waals surface area contributed by atoms with Crippen molar-refractivity contribution in [2.45, 2.75) is 43.9 Å². The van der Waals surface area contributed by atoms with Gasteiger partial charge < -0.3 is 5.11 Å². The number of rotatable bonds is 3. The molecular formula is C17H20N2O3. The minimum Gasteiger partial charge on any atom is -0.393 e. The zero-order valence-corrected chi connectivity index (χ0v) is 12.4. The molecule has 3 aliphatic heterocycles. The Kier molecular flexibility index (Phi) is 3.27. The molecule has 0 radical (unpaired) electrons. The smallest absolute Gasteiger partial charge is 0.261 e. The summed E-state index contributed by atoms with van der Waals surface area (Å²) in [6.07, 6.45) is 3.68. The van der Waals surface area contributed by atoms with E-state index in [0.717, 1.165) is 25.7 Å². The molecule has 5 nitrogen and oxygen atoms in total. The Balaban J connectivity index is 1.45. The van der Waals surface area contributed by atoms with Gasteiger partial charge in [-0.15, -0.1) is 0 Å². The van der Waals surface area contributed by atoms with Crippen LogP contribution in [0, 0.1) is 0 Å². The van der Waals surface area contributed by atoms with Crippen LogP contribution in [0.25, 0.3) is 0 Å². The van der Waals surface area contributed by atoms with Crippen LogP contribution in [-0.4, -0.2) is 58.0 Å². The van der Waals surface area contributed by atoms with Gasteiger partial charge in [0.25, 0.3) is 11.8 Å². The van der Waals surface area contributed by atoms with Gasteiger partial charge in [-0.1, -0.05) is 12.1 Å². The second kappa shape index (κ2) is 5.18. The number of imide groups is 1. The van der Waals surface area contributed by atoms with Crippen LogP contribution in [0.15, 0.2) is 24.3 Å². The third-order valence-electron chi connectivity index (χ3n) is 5.32. The third kappa shape index (κ3) is 2.08. The fourth-order valence-electron chi connectivity index (χ4n) is 4.27. The summed E-state index contributed by atoms with van der Waals surface area (Å²) < 4.78 is 0. The van der Waals surface area contributed by atoms with E-state index < -0.39 is 0 Å². The third-order valence-corrected chi connectivity index (χ3v) is 5.32. The summed E-state index contributed by atoms with van der Waals surface area (Å²) in [7, 11) is 0. The molecule has 1 aromatic carbocycles. The van der Waals surface area contributed by atoms with Crippen LogP contribution < -0.4 is 0 Å². The van der Waals surface area contributed by atoms with E-state index in [4.69, 9.17) is 0 Å². The van der Waals surface area contributed by atoms with Gasteiger partial charge in [0, 0.05) is 25.2 Å². The molecule has 0 spiro atoms. The number of hydrogen-bond donors (Lipinski definition) is 1. The second-order valence-corrected chi connectivity index (χ2v) is 6.56. The summed E-state index contributed by atoms with van der Waals surface area (Å²) in [4.78, 5) is 28.5. The van der Waals surface area contributed by atoms with Gasteiger partial charge in [-0.3, -0.25) is 19.4 Å². The summed E-state index contributed by atoms with van der Waals surface area (Å²) in [5.74, 6) is -0.352. The molecule has 2 bridgehead atoms. The van der Waals surface area contributed by atoms with E-state index in [1.807, 2.05) is 0 Å². The summed E-state index contributed by atoms with van der Waals surface area (Å²) in [6, 6.07) is 7.83. The van der Waals surface area contributed by atoms with Crippen molar-refractivity contribution in [3.8, 4) is 0 Å². The van der Waals surface area contributed by atoms with Crippen molar-refractivity contribution in [1.29, 1.82) is 0 Å². The summed E-state index contributed by atoms with van der Waals surface area (Å²) in [6.45, 7) is 1.16. The quantitative estimate of drug-likeness (QED) is 0.854. The van der Waals surface area contributed by atoms with Gasteiger partial charge in [-0.25, -0.2) is 0 Å². The van der Waals surface area contributed by atoms with Crippen molar-refractivity contribution in [3.63, 3.8) is 0 Å². The van der Waals surface area contributed by atoms with Crippen LogP contribution in [0.5, 0.6) is 0 Å². The minimum absolute atomic E-state index is 0.176. The Hall–Kier alpha value is -1.72. The lowest BCUT2D eigenvalue weighted by molar-refractivity contribution is 0.0289. The van der Waals surface area contributed by atoms with Gasteiger partial charge in [-0.05, 0) is 37.8 Å².